The first-order valence-corrected chi connectivity index (χ1v) is 8.05. The van der Waals surface area contributed by atoms with Crippen LogP contribution in [0.1, 0.15) is 31.2 Å². The zero-order chi connectivity index (χ0) is 15.9. The van der Waals surface area contributed by atoms with E-state index in [1.807, 2.05) is 12.1 Å². The normalized spacial score (nSPS) is 19.7. The summed E-state index contributed by atoms with van der Waals surface area (Å²) < 4.78 is 13.0. The van der Waals surface area contributed by atoms with Crippen LogP contribution in [0.15, 0.2) is 24.3 Å². The molecular weight excluding hydrogens is 317 g/mol. The van der Waals surface area contributed by atoms with Crippen molar-refractivity contribution in [2.75, 3.05) is 32.7 Å². The average molecular weight is 344 g/mol. The molecule has 1 fully saturated rings. The molecule has 2 atom stereocenters. The van der Waals surface area contributed by atoms with Crippen LogP contribution in [0.4, 0.5) is 4.39 Å². The van der Waals surface area contributed by atoms with Gasteiger partial charge in [0.1, 0.15) is 5.82 Å². The summed E-state index contributed by atoms with van der Waals surface area (Å²) in [6, 6.07) is 6.70. The van der Waals surface area contributed by atoms with E-state index >= 15 is 0 Å². The minimum absolute atomic E-state index is 0. The van der Waals surface area contributed by atoms with Gasteiger partial charge in [-0.1, -0.05) is 19.1 Å². The van der Waals surface area contributed by atoms with E-state index in [4.69, 9.17) is 5.73 Å². The van der Waals surface area contributed by atoms with Crippen molar-refractivity contribution in [1.29, 1.82) is 0 Å². The molecular formula is C17H27ClFN3O. The quantitative estimate of drug-likeness (QED) is 0.832. The van der Waals surface area contributed by atoms with Gasteiger partial charge in [-0.15, -0.1) is 12.4 Å². The molecule has 0 spiro atoms. The molecule has 1 heterocycles. The van der Waals surface area contributed by atoms with Crippen molar-refractivity contribution in [3.05, 3.63) is 35.6 Å². The van der Waals surface area contributed by atoms with Crippen molar-refractivity contribution in [3.8, 4) is 0 Å². The van der Waals surface area contributed by atoms with Crippen LogP contribution < -0.4 is 11.1 Å². The molecule has 1 aliphatic rings. The summed E-state index contributed by atoms with van der Waals surface area (Å²) in [5, 5.41) is 2.88. The third-order valence-corrected chi connectivity index (χ3v) is 4.29. The Morgan fingerprint density at radius 1 is 1.43 bits per heavy atom. The number of hydrogen-bond donors (Lipinski definition) is 2. The molecule has 130 valence electrons. The molecule has 23 heavy (non-hydrogen) atoms. The topological polar surface area (TPSA) is 58.4 Å². The highest BCUT2D eigenvalue weighted by Gasteiger charge is 2.26. The average Bonchev–Trinajstić information content (AvgIpc) is 2.53. The Balaban J connectivity index is 0.00000264. The van der Waals surface area contributed by atoms with Gasteiger partial charge >= 0.3 is 0 Å². The lowest BCUT2D eigenvalue weighted by atomic mass is 9.94. The monoisotopic (exact) mass is 343 g/mol. The zero-order valence-corrected chi connectivity index (χ0v) is 14.4. The minimum atomic E-state index is -0.203. The molecule has 1 aromatic carbocycles. The number of benzene rings is 1. The first kappa shape index (κ1) is 19.9. The molecule has 0 aliphatic carbocycles. The Morgan fingerprint density at radius 2 is 2.13 bits per heavy atom. The van der Waals surface area contributed by atoms with Gasteiger partial charge in [0, 0.05) is 26.2 Å². The van der Waals surface area contributed by atoms with E-state index in [0.717, 1.165) is 38.0 Å². The Bertz CT molecular complexity index is 483. The van der Waals surface area contributed by atoms with E-state index in [9.17, 15) is 9.18 Å². The van der Waals surface area contributed by atoms with E-state index in [1.54, 1.807) is 0 Å². The summed E-state index contributed by atoms with van der Waals surface area (Å²) in [5.74, 6) is 0.294. The summed E-state index contributed by atoms with van der Waals surface area (Å²) >= 11 is 0. The maximum atomic E-state index is 13.0. The predicted octanol–water partition coefficient (Wildman–Crippen LogP) is 2.14. The number of nitrogens with two attached hydrogens (primary N) is 1. The maximum Gasteiger partial charge on any atom is 0.224 e. The fraction of sp³-hybridized carbons (Fsp3) is 0.588. The fourth-order valence-electron chi connectivity index (χ4n) is 3.06. The van der Waals surface area contributed by atoms with E-state index in [2.05, 4.69) is 17.1 Å². The Morgan fingerprint density at radius 3 is 2.78 bits per heavy atom. The molecule has 4 nitrogen and oxygen atoms in total. The van der Waals surface area contributed by atoms with E-state index < -0.39 is 0 Å². The lowest BCUT2D eigenvalue weighted by Crippen LogP contribution is -2.44. The molecule has 0 radical (unpaired) electrons. The predicted molar refractivity (Wildman–Crippen MR) is 93.3 cm³/mol. The van der Waals surface area contributed by atoms with Crippen LogP contribution in [0.2, 0.25) is 0 Å². The van der Waals surface area contributed by atoms with Gasteiger partial charge in [0.05, 0.1) is 5.92 Å². The van der Waals surface area contributed by atoms with E-state index in [-0.39, 0.29) is 30.0 Å². The first-order chi connectivity index (χ1) is 10.6. The highest BCUT2D eigenvalue weighted by atomic mass is 35.5. The van der Waals surface area contributed by atoms with Crippen LogP contribution >= 0.6 is 12.4 Å². The summed E-state index contributed by atoms with van der Waals surface area (Å²) in [7, 11) is 0. The number of rotatable bonds is 6. The van der Waals surface area contributed by atoms with Crippen LogP contribution in [0, 0.1) is 11.7 Å². The molecule has 0 aromatic heterocycles. The van der Waals surface area contributed by atoms with Crippen LogP contribution in [0.3, 0.4) is 0 Å². The summed E-state index contributed by atoms with van der Waals surface area (Å²) in [6.45, 7) is 5.87. The van der Waals surface area contributed by atoms with E-state index in [0.29, 0.717) is 19.0 Å². The molecule has 1 saturated heterocycles. The Hall–Kier alpha value is -1.17. The second-order valence-electron chi connectivity index (χ2n) is 6.13. The third-order valence-electron chi connectivity index (χ3n) is 4.29. The number of halogens is 2. The number of nitrogens with one attached hydrogen (secondary N) is 1. The van der Waals surface area contributed by atoms with Crippen molar-refractivity contribution >= 4 is 18.3 Å². The third kappa shape index (κ3) is 6.09. The molecule has 1 aromatic rings. The molecule has 3 N–H and O–H groups in total. The molecule has 2 rings (SSSR count). The van der Waals surface area contributed by atoms with Gasteiger partial charge < -0.3 is 16.0 Å². The number of carbonyl (C=O) groups is 1. The van der Waals surface area contributed by atoms with Crippen LogP contribution in [0.25, 0.3) is 0 Å². The maximum absolute atomic E-state index is 13.0. The number of likely N-dealkylation sites (tertiary alicyclic amines) is 1. The Kier molecular flexibility index (Phi) is 8.52. The van der Waals surface area contributed by atoms with Gasteiger partial charge in [-0.05, 0) is 43.0 Å². The van der Waals surface area contributed by atoms with Crippen LogP contribution in [-0.2, 0) is 4.79 Å². The van der Waals surface area contributed by atoms with Gasteiger partial charge in [0.2, 0.25) is 5.91 Å². The van der Waals surface area contributed by atoms with Gasteiger partial charge in [-0.2, -0.15) is 0 Å². The summed E-state index contributed by atoms with van der Waals surface area (Å²) in [4.78, 5) is 14.4. The fourth-order valence-corrected chi connectivity index (χ4v) is 3.06. The van der Waals surface area contributed by atoms with Crippen molar-refractivity contribution in [2.45, 2.75) is 25.7 Å². The van der Waals surface area contributed by atoms with Gasteiger partial charge in [0.25, 0.3) is 0 Å². The van der Waals surface area contributed by atoms with Gasteiger partial charge in [-0.25, -0.2) is 4.39 Å². The molecule has 0 saturated carbocycles. The molecule has 2 unspecified atom stereocenters. The van der Waals surface area contributed by atoms with Gasteiger partial charge in [0.15, 0.2) is 0 Å². The van der Waals surface area contributed by atoms with Gasteiger partial charge in [-0.3, -0.25) is 4.79 Å². The molecule has 1 amide bonds. The van der Waals surface area contributed by atoms with Crippen molar-refractivity contribution in [1.82, 2.24) is 10.2 Å². The molecule has 6 heteroatoms. The number of nitrogens with zero attached hydrogens (tertiary/aromatic N) is 1. The highest BCUT2D eigenvalue weighted by Crippen LogP contribution is 2.22. The molecule has 0 bridgehead atoms. The number of amides is 1. The number of piperidine rings is 1. The van der Waals surface area contributed by atoms with Crippen molar-refractivity contribution < 1.29 is 9.18 Å². The minimum Gasteiger partial charge on any atom is -0.355 e. The Labute approximate surface area is 144 Å². The number of carbonyl (C=O) groups excluding carboxylic acids is 1. The SMILES string of the molecule is CC(CN1CCCC(C(=O)NCCN)C1)c1ccc(F)cc1.Cl. The van der Waals surface area contributed by atoms with Crippen LogP contribution in [-0.4, -0.2) is 43.5 Å². The molecule has 1 aliphatic heterocycles. The highest BCUT2D eigenvalue weighted by molar-refractivity contribution is 5.85. The lowest BCUT2D eigenvalue weighted by molar-refractivity contribution is -0.126. The second-order valence-corrected chi connectivity index (χ2v) is 6.13. The first-order valence-electron chi connectivity index (χ1n) is 8.05. The second kappa shape index (κ2) is 9.85. The zero-order valence-electron chi connectivity index (χ0n) is 13.6. The smallest absolute Gasteiger partial charge is 0.224 e. The standard InChI is InChI=1S/C17H26FN3O.ClH/c1-13(14-4-6-16(18)7-5-14)11-21-10-2-3-15(12-21)17(22)20-9-8-19;/h4-7,13,15H,2-3,8-12,19H2,1H3,(H,20,22);1H. The lowest BCUT2D eigenvalue weighted by Gasteiger charge is -2.33. The van der Waals surface area contributed by atoms with Crippen molar-refractivity contribution in [3.63, 3.8) is 0 Å². The summed E-state index contributed by atoms with van der Waals surface area (Å²) in [6.07, 6.45) is 1.98. The number of hydrogen-bond acceptors (Lipinski definition) is 3. The largest absolute Gasteiger partial charge is 0.355 e. The van der Waals surface area contributed by atoms with Crippen molar-refractivity contribution in [2.24, 2.45) is 11.7 Å². The summed E-state index contributed by atoms with van der Waals surface area (Å²) in [5.41, 5.74) is 6.56. The van der Waals surface area contributed by atoms with E-state index in [1.165, 1.54) is 12.1 Å². The van der Waals surface area contributed by atoms with Crippen LogP contribution in [0.5, 0.6) is 0 Å².